The minimum atomic E-state index is -2.31. The molecule has 0 heterocycles. The van der Waals surface area contributed by atoms with Gasteiger partial charge in [0, 0.05) is 12.8 Å². The van der Waals surface area contributed by atoms with Crippen molar-refractivity contribution in [3.8, 4) is 34.5 Å². The molecule has 0 bridgehead atoms. The SMILES string of the molecule is O=C(O)[C@]1(O)C[C@@H](O)[C@@H](OCc2cc(O)c(O)c(O)c2)[C@H](OCc2cc(O)c(O)c(O)c2)C1. The summed E-state index contributed by atoms with van der Waals surface area (Å²) in [5.41, 5.74) is -1.88. The number of carbonyl (C=O) groups is 1. The monoisotopic (exact) mass is 468 g/mol. The Bertz CT molecular complexity index is 992. The Kier molecular flexibility index (Phi) is 6.74. The van der Waals surface area contributed by atoms with Gasteiger partial charge in [0.15, 0.2) is 40.1 Å². The van der Waals surface area contributed by atoms with Crippen LogP contribution >= 0.6 is 0 Å². The zero-order chi connectivity index (χ0) is 24.5. The third kappa shape index (κ3) is 5.14. The zero-order valence-corrected chi connectivity index (χ0v) is 17.1. The molecule has 2 aromatic rings. The van der Waals surface area contributed by atoms with Crippen molar-refractivity contribution >= 4 is 5.97 Å². The first kappa shape index (κ1) is 24.2. The van der Waals surface area contributed by atoms with Gasteiger partial charge < -0.3 is 55.4 Å². The fourth-order valence-electron chi connectivity index (χ4n) is 3.67. The van der Waals surface area contributed by atoms with Gasteiger partial charge in [-0.1, -0.05) is 0 Å². The number of hydrogen-bond acceptors (Lipinski definition) is 11. The van der Waals surface area contributed by atoms with Crippen molar-refractivity contribution in [2.75, 3.05) is 0 Å². The van der Waals surface area contributed by atoms with Crippen LogP contribution in [0.5, 0.6) is 34.5 Å². The minimum Gasteiger partial charge on any atom is -0.504 e. The van der Waals surface area contributed by atoms with Crippen LogP contribution in [-0.4, -0.2) is 75.8 Å². The van der Waals surface area contributed by atoms with E-state index in [0.29, 0.717) is 0 Å². The van der Waals surface area contributed by atoms with E-state index in [1.165, 1.54) is 0 Å². The van der Waals surface area contributed by atoms with Crippen molar-refractivity contribution in [2.45, 2.75) is 50.0 Å². The molecule has 0 aliphatic heterocycles. The summed E-state index contributed by atoms with van der Waals surface area (Å²) in [5, 5.41) is 87.7. The number of carboxylic acid groups (broad SMARTS) is 1. The van der Waals surface area contributed by atoms with Gasteiger partial charge in [-0.05, 0) is 35.4 Å². The Morgan fingerprint density at radius 2 is 1.24 bits per heavy atom. The number of aromatic hydroxyl groups is 6. The van der Waals surface area contributed by atoms with Crippen LogP contribution in [0.4, 0.5) is 0 Å². The molecule has 1 saturated carbocycles. The number of benzene rings is 2. The van der Waals surface area contributed by atoms with Gasteiger partial charge in [0.25, 0.3) is 0 Å². The molecule has 1 aliphatic carbocycles. The minimum absolute atomic E-state index is 0.203. The maximum absolute atomic E-state index is 11.5. The summed E-state index contributed by atoms with van der Waals surface area (Å²) in [5.74, 6) is -5.44. The van der Waals surface area contributed by atoms with Crippen LogP contribution in [0.2, 0.25) is 0 Å². The summed E-state index contributed by atoms with van der Waals surface area (Å²) in [6.45, 7) is -0.593. The highest BCUT2D eigenvalue weighted by molar-refractivity contribution is 5.77. The molecule has 33 heavy (non-hydrogen) atoms. The predicted molar refractivity (Wildman–Crippen MR) is 108 cm³/mol. The molecule has 0 spiro atoms. The van der Waals surface area contributed by atoms with Gasteiger partial charge >= 0.3 is 5.97 Å². The maximum Gasteiger partial charge on any atom is 0.335 e. The second kappa shape index (κ2) is 9.19. The first-order valence-electron chi connectivity index (χ1n) is 9.76. The quantitative estimate of drug-likeness (QED) is 0.252. The van der Waals surface area contributed by atoms with Gasteiger partial charge in [-0.2, -0.15) is 0 Å². The number of phenolic OH excluding ortho intramolecular Hbond substituents is 6. The topological polar surface area (TPSA) is 218 Å². The Morgan fingerprint density at radius 1 is 0.818 bits per heavy atom. The Balaban J connectivity index is 1.79. The van der Waals surface area contributed by atoms with Crippen molar-refractivity contribution in [3.05, 3.63) is 35.4 Å². The number of hydrogen-bond donors (Lipinski definition) is 9. The van der Waals surface area contributed by atoms with Gasteiger partial charge in [-0.25, -0.2) is 4.79 Å². The molecule has 12 heteroatoms. The van der Waals surface area contributed by atoms with Gasteiger partial charge in [0.2, 0.25) is 0 Å². The van der Waals surface area contributed by atoms with E-state index in [2.05, 4.69) is 0 Å². The lowest BCUT2D eigenvalue weighted by Crippen LogP contribution is -2.57. The van der Waals surface area contributed by atoms with Crippen molar-refractivity contribution in [1.82, 2.24) is 0 Å². The van der Waals surface area contributed by atoms with Crippen LogP contribution in [0.3, 0.4) is 0 Å². The summed E-state index contributed by atoms with van der Waals surface area (Å²) in [6.07, 6.45) is -4.83. The molecule has 3 rings (SSSR count). The molecule has 2 aromatic carbocycles. The van der Waals surface area contributed by atoms with Crippen LogP contribution in [0.25, 0.3) is 0 Å². The smallest absolute Gasteiger partial charge is 0.335 e. The van der Waals surface area contributed by atoms with E-state index in [1.807, 2.05) is 0 Å². The Morgan fingerprint density at radius 3 is 1.67 bits per heavy atom. The summed E-state index contributed by atoms with van der Waals surface area (Å²) in [7, 11) is 0. The van der Waals surface area contributed by atoms with Crippen LogP contribution in [0.15, 0.2) is 24.3 Å². The van der Waals surface area contributed by atoms with E-state index < -0.39 is 77.2 Å². The molecule has 0 amide bonds. The van der Waals surface area contributed by atoms with E-state index in [1.54, 1.807) is 0 Å². The zero-order valence-electron chi connectivity index (χ0n) is 17.1. The molecule has 1 fully saturated rings. The van der Waals surface area contributed by atoms with Gasteiger partial charge in [-0.15, -0.1) is 0 Å². The van der Waals surface area contributed by atoms with Crippen LogP contribution in [0.1, 0.15) is 24.0 Å². The van der Waals surface area contributed by atoms with Gasteiger partial charge in [0.1, 0.15) is 6.10 Å². The third-order valence-corrected chi connectivity index (χ3v) is 5.39. The highest BCUT2D eigenvalue weighted by Crippen LogP contribution is 2.38. The standard InChI is InChI=1S/C21H24O12/c22-11-1-9(2-12(23)17(11)27)7-32-16-6-21(31,20(29)30)5-15(26)19(16)33-8-10-3-13(24)18(28)14(25)4-10/h1-4,15-16,19,22-28,31H,5-8H2,(H,29,30)/t15-,16-,19-,21+/m1/s1. The van der Waals surface area contributed by atoms with E-state index in [0.717, 1.165) is 24.3 Å². The lowest BCUT2D eigenvalue weighted by molar-refractivity contribution is -0.207. The molecular formula is C21H24O12. The van der Waals surface area contributed by atoms with Crippen LogP contribution < -0.4 is 0 Å². The molecule has 12 nitrogen and oxygen atoms in total. The lowest BCUT2D eigenvalue weighted by atomic mass is 9.79. The first-order valence-corrected chi connectivity index (χ1v) is 9.76. The maximum atomic E-state index is 11.5. The number of rotatable bonds is 7. The number of aliphatic hydroxyl groups is 2. The highest BCUT2D eigenvalue weighted by Gasteiger charge is 2.50. The van der Waals surface area contributed by atoms with Crippen molar-refractivity contribution < 1.29 is 60.2 Å². The molecule has 0 aromatic heterocycles. The molecule has 4 atom stereocenters. The Hall–Kier alpha value is -3.45. The van der Waals surface area contributed by atoms with Gasteiger partial charge in [0.05, 0.1) is 25.4 Å². The van der Waals surface area contributed by atoms with E-state index in [4.69, 9.17) is 9.47 Å². The number of aliphatic carboxylic acids is 1. The molecule has 0 unspecified atom stereocenters. The van der Waals surface area contributed by atoms with Crippen molar-refractivity contribution in [1.29, 1.82) is 0 Å². The molecule has 0 radical (unpaired) electrons. The number of phenols is 6. The fraction of sp³-hybridized carbons (Fsp3) is 0.381. The largest absolute Gasteiger partial charge is 0.504 e. The summed E-state index contributed by atoms with van der Waals surface area (Å²) in [6, 6.07) is 4.45. The summed E-state index contributed by atoms with van der Waals surface area (Å²) < 4.78 is 11.3. The molecular weight excluding hydrogens is 444 g/mol. The molecule has 0 saturated heterocycles. The van der Waals surface area contributed by atoms with Crippen LogP contribution in [0, 0.1) is 0 Å². The van der Waals surface area contributed by atoms with Gasteiger partial charge in [-0.3, -0.25) is 0 Å². The highest BCUT2D eigenvalue weighted by atomic mass is 16.6. The molecule has 180 valence electrons. The third-order valence-electron chi connectivity index (χ3n) is 5.39. The first-order chi connectivity index (χ1) is 15.4. The van der Waals surface area contributed by atoms with Crippen LogP contribution in [-0.2, 0) is 27.5 Å². The number of carboxylic acids is 1. The fourth-order valence-corrected chi connectivity index (χ4v) is 3.67. The van der Waals surface area contributed by atoms with E-state index >= 15 is 0 Å². The Labute approximate surface area is 186 Å². The molecule has 1 aliphatic rings. The van der Waals surface area contributed by atoms with Crippen molar-refractivity contribution in [3.63, 3.8) is 0 Å². The summed E-state index contributed by atoms with van der Waals surface area (Å²) in [4.78, 5) is 11.5. The van der Waals surface area contributed by atoms with Crippen molar-refractivity contribution in [2.24, 2.45) is 0 Å². The second-order valence-electron chi connectivity index (χ2n) is 7.90. The second-order valence-corrected chi connectivity index (χ2v) is 7.90. The normalized spacial score (nSPS) is 25.1. The lowest BCUT2D eigenvalue weighted by Gasteiger charge is -2.41. The predicted octanol–water partition coefficient (Wildman–Crippen LogP) is 0.361. The summed E-state index contributed by atoms with van der Waals surface area (Å²) >= 11 is 0. The average molecular weight is 468 g/mol. The number of aliphatic hydroxyl groups excluding tert-OH is 1. The molecule has 9 N–H and O–H groups in total. The average Bonchev–Trinajstić information content (AvgIpc) is 2.73. The van der Waals surface area contributed by atoms with E-state index in [-0.39, 0.29) is 24.3 Å². The van der Waals surface area contributed by atoms with E-state index in [9.17, 15) is 50.8 Å². The number of ether oxygens (including phenoxy) is 2.